The van der Waals surface area contributed by atoms with Crippen LogP contribution >= 0.6 is 0 Å². The average molecular weight is 202 g/mol. The molecule has 4 nitrogen and oxygen atoms in total. The summed E-state index contributed by atoms with van der Waals surface area (Å²) in [6.45, 7) is 2.71. The predicted molar refractivity (Wildman–Crippen MR) is 45.3 cm³/mol. The van der Waals surface area contributed by atoms with Crippen LogP contribution in [0.25, 0.3) is 0 Å². The largest absolute Gasteiger partial charge is 0.299 e. The number of pyridine rings is 1. The zero-order valence-electron chi connectivity index (χ0n) is 7.62. The Labute approximate surface area is 78.7 Å². The van der Waals surface area contributed by atoms with E-state index in [9.17, 15) is 18.9 Å². The summed E-state index contributed by atoms with van der Waals surface area (Å²) in [4.78, 5) is 13.4. The van der Waals surface area contributed by atoms with Gasteiger partial charge in [0.25, 0.3) is 12.1 Å². The van der Waals surface area contributed by atoms with Gasteiger partial charge in [0.2, 0.25) is 0 Å². The monoisotopic (exact) mass is 202 g/mol. The first-order valence-electron chi connectivity index (χ1n) is 3.83. The summed E-state index contributed by atoms with van der Waals surface area (Å²) in [7, 11) is 0. The van der Waals surface area contributed by atoms with E-state index >= 15 is 0 Å². The molecule has 6 heteroatoms. The molecule has 0 aliphatic carbocycles. The third-order valence-electron chi connectivity index (χ3n) is 1.88. The van der Waals surface area contributed by atoms with E-state index < -0.39 is 22.6 Å². The second-order valence-corrected chi connectivity index (χ2v) is 2.85. The molecule has 0 saturated heterocycles. The number of hydrogen-bond acceptors (Lipinski definition) is 3. The van der Waals surface area contributed by atoms with Gasteiger partial charge in [0.05, 0.1) is 4.92 Å². The van der Waals surface area contributed by atoms with Crippen LogP contribution in [0.15, 0.2) is 6.20 Å². The van der Waals surface area contributed by atoms with Gasteiger partial charge >= 0.3 is 0 Å². The normalized spacial score (nSPS) is 10.6. The first-order valence-corrected chi connectivity index (χ1v) is 3.83. The van der Waals surface area contributed by atoms with Crippen molar-refractivity contribution in [3.63, 3.8) is 0 Å². The number of aryl methyl sites for hydroxylation is 2. The third-order valence-corrected chi connectivity index (χ3v) is 1.88. The Morgan fingerprint density at radius 3 is 2.43 bits per heavy atom. The number of alkyl halides is 2. The lowest BCUT2D eigenvalue weighted by Crippen LogP contribution is -2.03. The standard InChI is InChI=1S/C8H8F2N2O2/c1-4-3-11-5(2)7(12(13)14)6(4)8(9)10/h3,8H,1-2H3. The van der Waals surface area contributed by atoms with Crippen LogP contribution in [0.3, 0.4) is 0 Å². The Kier molecular flexibility index (Phi) is 2.73. The lowest BCUT2D eigenvalue weighted by Gasteiger charge is -2.06. The van der Waals surface area contributed by atoms with E-state index in [1.165, 1.54) is 20.0 Å². The highest BCUT2D eigenvalue weighted by molar-refractivity contribution is 5.47. The highest BCUT2D eigenvalue weighted by Gasteiger charge is 2.26. The number of halogens is 2. The summed E-state index contributed by atoms with van der Waals surface area (Å²) in [6.07, 6.45) is -1.64. The van der Waals surface area contributed by atoms with Crippen LogP contribution in [0.1, 0.15) is 23.2 Å². The van der Waals surface area contributed by atoms with E-state index in [1.54, 1.807) is 0 Å². The quantitative estimate of drug-likeness (QED) is 0.547. The number of aromatic nitrogens is 1. The van der Waals surface area contributed by atoms with Crippen molar-refractivity contribution in [3.8, 4) is 0 Å². The Balaban J connectivity index is 3.50. The second kappa shape index (κ2) is 3.65. The van der Waals surface area contributed by atoms with E-state index in [2.05, 4.69) is 4.98 Å². The molecule has 0 radical (unpaired) electrons. The van der Waals surface area contributed by atoms with Crippen molar-refractivity contribution in [1.29, 1.82) is 0 Å². The minimum Gasteiger partial charge on any atom is -0.258 e. The lowest BCUT2D eigenvalue weighted by molar-refractivity contribution is -0.387. The molecule has 76 valence electrons. The maximum atomic E-state index is 12.5. The van der Waals surface area contributed by atoms with Gasteiger partial charge in [-0.05, 0) is 19.4 Å². The molecule has 1 rings (SSSR count). The number of nitrogens with zero attached hydrogens (tertiary/aromatic N) is 2. The van der Waals surface area contributed by atoms with Crippen LogP contribution < -0.4 is 0 Å². The minimum atomic E-state index is -2.85. The van der Waals surface area contributed by atoms with Crippen molar-refractivity contribution in [2.45, 2.75) is 20.3 Å². The van der Waals surface area contributed by atoms with Crippen LogP contribution in [0.5, 0.6) is 0 Å². The summed E-state index contributed by atoms with van der Waals surface area (Å²) in [6, 6.07) is 0. The zero-order valence-corrected chi connectivity index (χ0v) is 7.62. The van der Waals surface area contributed by atoms with Gasteiger partial charge in [0.1, 0.15) is 11.3 Å². The first-order chi connectivity index (χ1) is 6.45. The molecule has 0 bridgehead atoms. The summed E-state index contributed by atoms with van der Waals surface area (Å²) >= 11 is 0. The Hall–Kier alpha value is -1.59. The third kappa shape index (κ3) is 1.68. The molecule has 0 fully saturated rings. The Morgan fingerprint density at radius 1 is 1.50 bits per heavy atom. The van der Waals surface area contributed by atoms with E-state index in [-0.39, 0.29) is 11.3 Å². The average Bonchev–Trinajstić information content (AvgIpc) is 2.07. The molecular formula is C8H8F2N2O2. The van der Waals surface area contributed by atoms with Crippen molar-refractivity contribution in [1.82, 2.24) is 4.98 Å². The fourth-order valence-corrected chi connectivity index (χ4v) is 1.21. The van der Waals surface area contributed by atoms with Gasteiger partial charge in [-0.2, -0.15) is 0 Å². The summed E-state index contributed by atoms with van der Waals surface area (Å²) in [5.74, 6) is 0. The van der Waals surface area contributed by atoms with Gasteiger partial charge in [-0.25, -0.2) is 8.78 Å². The Morgan fingerprint density at radius 2 is 2.07 bits per heavy atom. The predicted octanol–water partition coefficient (Wildman–Crippen LogP) is 2.54. The van der Waals surface area contributed by atoms with E-state index in [0.29, 0.717) is 0 Å². The minimum absolute atomic E-state index is 0.0101. The molecule has 0 N–H and O–H groups in total. The SMILES string of the molecule is Cc1cnc(C)c([N+](=O)[O-])c1C(F)F. The number of rotatable bonds is 2. The van der Waals surface area contributed by atoms with Crippen molar-refractivity contribution in [3.05, 3.63) is 33.1 Å². The van der Waals surface area contributed by atoms with E-state index in [4.69, 9.17) is 0 Å². The molecule has 0 aliphatic rings. The molecule has 0 atom stereocenters. The molecule has 1 aromatic heterocycles. The smallest absolute Gasteiger partial charge is 0.258 e. The molecular weight excluding hydrogens is 194 g/mol. The summed E-state index contributed by atoms with van der Waals surface area (Å²) in [5.41, 5.74) is -0.976. The molecule has 0 aromatic carbocycles. The van der Waals surface area contributed by atoms with E-state index in [0.717, 1.165) is 0 Å². The van der Waals surface area contributed by atoms with Crippen LogP contribution in [-0.4, -0.2) is 9.91 Å². The fourth-order valence-electron chi connectivity index (χ4n) is 1.21. The van der Waals surface area contributed by atoms with Crippen molar-refractivity contribution in [2.24, 2.45) is 0 Å². The zero-order chi connectivity index (χ0) is 10.9. The van der Waals surface area contributed by atoms with Crippen LogP contribution in [0.2, 0.25) is 0 Å². The molecule has 1 aromatic rings. The van der Waals surface area contributed by atoms with Gasteiger partial charge in [-0.15, -0.1) is 0 Å². The summed E-state index contributed by atoms with van der Waals surface area (Å²) in [5, 5.41) is 10.5. The molecule has 0 aliphatic heterocycles. The molecule has 0 amide bonds. The first kappa shape index (κ1) is 10.5. The molecule has 1 heterocycles. The highest BCUT2D eigenvalue weighted by atomic mass is 19.3. The van der Waals surface area contributed by atoms with Crippen LogP contribution in [-0.2, 0) is 0 Å². The number of nitro groups is 1. The van der Waals surface area contributed by atoms with Gasteiger partial charge in [0, 0.05) is 6.20 Å². The maximum Gasteiger partial charge on any atom is 0.299 e. The van der Waals surface area contributed by atoms with Crippen molar-refractivity contribution < 1.29 is 13.7 Å². The van der Waals surface area contributed by atoms with Gasteiger partial charge in [-0.1, -0.05) is 0 Å². The van der Waals surface area contributed by atoms with Crippen molar-refractivity contribution in [2.75, 3.05) is 0 Å². The lowest BCUT2D eigenvalue weighted by atomic mass is 10.1. The van der Waals surface area contributed by atoms with Crippen molar-refractivity contribution >= 4 is 5.69 Å². The number of hydrogen-bond donors (Lipinski definition) is 0. The fraction of sp³-hybridized carbons (Fsp3) is 0.375. The second-order valence-electron chi connectivity index (χ2n) is 2.85. The van der Waals surface area contributed by atoms with Gasteiger partial charge in [0.15, 0.2) is 0 Å². The summed E-state index contributed by atoms with van der Waals surface area (Å²) < 4.78 is 25.0. The van der Waals surface area contributed by atoms with Gasteiger partial charge < -0.3 is 0 Å². The molecule has 14 heavy (non-hydrogen) atoms. The molecule has 0 unspecified atom stereocenters. The Bertz CT molecular complexity index is 380. The maximum absolute atomic E-state index is 12.5. The molecule has 0 saturated carbocycles. The molecule has 0 spiro atoms. The highest BCUT2D eigenvalue weighted by Crippen LogP contribution is 2.32. The van der Waals surface area contributed by atoms with E-state index in [1.807, 2.05) is 0 Å². The topological polar surface area (TPSA) is 56.0 Å². The van der Waals surface area contributed by atoms with Crippen LogP contribution in [0, 0.1) is 24.0 Å². The van der Waals surface area contributed by atoms with Gasteiger partial charge in [-0.3, -0.25) is 15.1 Å². The van der Waals surface area contributed by atoms with Crippen LogP contribution in [0.4, 0.5) is 14.5 Å².